The Morgan fingerprint density at radius 2 is 1.94 bits per heavy atom. The number of nitrogens with zero attached hydrogens (tertiary/aromatic N) is 3. The number of rotatable bonds is 5. The van der Waals surface area contributed by atoms with Crippen LogP contribution in [-0.2, 0) is 32.1 Å². The average molecular weight is 535 g/mol. The van der Waals surface area contributed by atoms with Gasteiger partial charge in [0.2, 0.25) is 0 Å². The Hall–Kier alpha value is -3.09. The minimum absolute atomic E-state index is 0.178. The lowest BCUT2D eigenvalue weighted by atomic mass is 9.82. The number of amides is 3. The number of esters is 1. The Balaban J connectivity index is 1.44. The van der Waals surface area contributed by atoms with Crippen molar-refractivity contribution in [3.05, 3.63) is 38.9 Å². The van der Waals surface area contributed by atoms with E-state index < -0.39 is 29.8 Å². The molecular formula is C23H27ClN6O5S. The van der Waals surface area contributed by atoms with E-state index in [1.807, 2.05) is 7.05 Å². The van der Waals surface area contributed by atoms with Crippen LogP contribution >= 0.6 is 22.9 Å². The lowest BCUT2D eigenvalue weighted by Crippen LogP contribution is -2.56. The van der Waals surface area contributed by atoms with E-state index >= 15 is 0 Å². The molecule has 2 aromatic heterocycles. The maximum Gasteiger partial charge on any atom is 0.314 e. The van der Waals surface area contributed by atoms with E-state index in [9.17, 15) is 19.2 Å². The molecule has 1 aliphatic heterocycles. The van der Waals surface area contributed by atoms with Gasteiger partial charge in [0.15, 0.2) is 5.01 Å². The molecule has 0 spiro atoms. The van der Waals surface area contributed by atoms with E-state index in [-0.39, 0.29) is 24.1 Å². The molecule has 3 N–H and O–H groups in total. The molecule has 3 atom stereocenters. The molecule has 0 unspecified atom stereocenters. The minimum Gasteiger partial charge on any atom is -0.469 e. The Bertz CT molecular complexity index is 1160. The largest absolute Gasteiger partial charge is 0.469 e. The summed E-state index contributed by atoms with van der Waals surface area (Å²) in [4.78, 5) is 62.0. The number of fused-ring (bicyclic) bond motifs is 1. The number of methoxy groups -OCH3 is 1. The molecule has 2 aromatic rings. The summed E-state index contributed by atoms with van der Waals surface area (Å²) in [6.45, 7) is 1.62. The smallest absolute Gasteiger partial charge is 0.314 e. The third-order valence-corrected chi connectivity index (χ3v) is 7.61. The van der Waals surface area contributed by atoms with Crippen molar-refractivity contribution in [2.75, 3.05) is 26.0 Å². The van der Waals surface area contributed by atoms with Gasteiger partial charge in [0.05, 0.1) is 29.8 Å². The highest BCUT2D eigenvalue weighted by molar-refractivity contribution is 7.13. The quantitative estimate of drug-likeness (QED) is 0.385. The molecule has 36 heavy (non-hydrogen) atoms. The summed E-state index contributed by atoms with van der Waals surface area (Å²) < 4.78 is 4.89. The Morgan fingerprint density at radius 3 is 2.67 bits per heavy atom. The zero-order valence-electron chi connectivity index (χ0n) is 19.9. The maximum absolute atomic E-state index is 13.1. The van der Waals surface area contributed by atoms with Gasteiger partial charge in [-0.3, -0.25) is 19.2 Å². The molecule has 1 saturated carbocycles. The fourth-order valence-electron chi connectivity index (χ4n) is 4.39. The van der Waals surface area contributed by atoms with Gasteiger partial charge >= 0.3 is 17.8 Å². The first-order chi connectivity index (χ1) is 17.2. The number of aromatic nitrogens is 2. The van der Waals surface area contributed by atoms with Crippen LogP contribution in [0.1, 0.15) is 39.6 Å². The predicted octanol–water partition coefficient (Wildman–Crippen LogP) is 1.37. The average Bonchev–Trinajstić information content (AvgIpc) is 3.29. The van der Waals surface area contributed by atoms with Crippen molar-refractivity contribution in [3.63, 3.8) is 0 Å². The topological polar surface area (TPSA) is 143 Å². The summed E-state index contributed by atoms with van der Waals surface area (Å²) in [6, 6.07) is 1.86. The van der Waals surface area contributed by atoms with Gasteiger partial charge in [0.1, 0.15) is 5.82 Å². The summed E-state index contributed by atoms with van der Waals surface area (Å²) in [5, 5.41) is 8.77. The predicted molar refractivity (Wildman–Crippen MR) is 133 cm³/mol. The van der Waals surface area contributed by atoms with E-state index in [4.69, 9.17) is 16.3 Å². The highest BCUT2D eigenvalue weighted by Gasteiger charge is 2.37. The highest BCUT2D eigenvalue weighted by atomic mass is 35.5. The van der Waals surface area contributed by atoms with Gasteiger partial charge in [-0.15, -0.1) is 11.3 Å². The molecule has 0 radical (unpaired) electrons. The van der Waals surface area contributed by atoms with Gasteiger partial charge in [-0.1, -0.05) is 11.6 Å². The third-order valence-electron chi connectivity index (χ3n) is 6.31. The van der Waals surface area contributed by atoms with Gasteiger partial charge in [-0.25, -0.2) is 9.97 Å². The second-order valence-electron chi connectivity index (χ2n) is 8.89. The third kappa shape index (κ3) is 6.18. The SMILES string of the molecule is COC(=O)[C@H]1CC[C@H](NC(=O)C(=O)Nc2ccc(Cl)cn2)[C@H](NC(=O)c2nc3c(s2)CN(C)CC3)C1. The number of thiazole rings is 1. The molecule has 3 heterocycles. The van der Waals surface area contributed by atoms with E-state index in [0.717, 1.165) is 30.1 Å². The summed E-state index contributed by atoms with van der Waals surface area (Å²) in [5.74, 6) is -2.78. The number of halogens is 1. The maximum atomic E-state index is 13.1. The fourth-order valence-corrected chi connectivity index (χ4v) is 5.59. The van der Waals surface area contributed by atoms with Crippen LogP contribution < -0.4 is 16.0 Å². The van der Waals surface area contributed by atoms with Crippen LogP contribution in [0.5, 0.6) is 0 Å². The molecule has 0 bridgehead atoms. The Labute approximate surface area is 217 Å². The van der Waals surface area contributed by atoms with Crippen molar-refractivity contribution in [2.24, 2.45) is 5.92 Å². The zero-order chi connectivity index (χ0) is 25.8. The fraction of sp³-hybridized carbons (Fsp3) is 0.478. The van der Waals surface area contributed by atoms with E-state index in [1.165, 1.54) is 36.8 Å². The number of likely N-dealkylation sites (N-methyl/N-ethyl adjacent to an activating group) is 1. The number of hydrogen-bond donors (Lipinski definition) is 3. The van der Waals surface area contributed by atoms with Gasteiger partial charge in [0, 0.05) is 36.6 Å². The normalized spacial score (nSPS) is 21.7. The molecule has 1 fully saturated rings. The first-order valence-corrected chi connectivity index (χ1v) is 12.7. The molecule has 1 aliphatic carbocycles. The van der Waals surface area contributed by atoms with Crippen LogP contribution in [0.15, 0.2) is 18.3 Å². The van der Waals surface area contributed by atoms with Crippen LogP contribution in [0.2, 0.25) is 5.02 Å². The molecule has 3 amide bonds. The number of ether oxygens (including phenoxy) is 1. The summed E-state index contributed by atoms with van der Waals surface area (Å²) in [6.07, 6.45) is 3.21. The van der Waals surface area contributed by atoms with Crippen molar-refractivity contribution in [1.82, 2.24) is 25.5 Å². The van der Waals surface area contributed by atoms with Gasteiger partial charge in [0.25, 0.3) is 5.91 Å². The van der Waals surface area contributed by atoms with Gasteiger partial charge < -0.3 is 25.6 Å². The monoisotopic (exact) mass is 534 g/mol. The Morgan fingerprint density at radius 1 is 1.14 bits per heavy atom. The van der Waals surface area contributed by atoms with Crippen LogP contribution in [0.3, 0.4) is 0 Å². The van der Waals surface area contributed by atoms with E-state index in [2.05, 4.69) is 30.8 Å². The number of pyridine rings is 1. The van der Waals surface area contributed by atoms with Crippen LogP contribution in [0.25, 0.3) is 0 Å². The first-order valence-electron chi connectivity index (χ1n) is 11.5. The molecule has 4 rings (SSSR count). The van der Waals surface area contributed by atoms with Crippen molar-refractivity contribution in [3.8, 4) is 0 Å². The molecule has 0 aromatic carbocycles. The van der Waals surface area contributed by atoms with Crippen molar-refractivity contribution < 1.29 is 23.9 Å². The second kappa shape index (κ2) is 11.3. The standard InChI is InChI=1S/C23H27ClN6O5S/c1-30-8-7-15-17(11-30)36-22(28-15)21(33)27-16-9-12(23(34)35-2)3-5-14(16)26-19(31)20(32)29-18-6-4-13(24)10-25-18/h4,6,10,12,14,16H,3,5,7-9,11H2,1-2H3,(H,26,31)(H,27,33)(H,25,29,32)/t12-,14-,16+/m0/s1. The van der Waals surface area contributed by atoms with E-state index in [1.54, 1.807) is 0 Å². The number of carbonyl (C=O) groups is 4. The molecular weight excluding hydrogens is 508 g/mol. The van der Waals surface area contributed by atoms with Gasteiger partial charge in [-0.2, -0.15) is 0 Å². The van der Waals surface area contributed by atoms with Crippen molar-refractivity contribution >= 4 is 52.4 Å². The molecule has 192 valence electrons. The molecule has 11 nitrogen and oxygen atoms in total. The number of anilines is 1. The zero-order valence-corrected chi connectivity index (χ0v) is 21.4. The molecule has 13 heteroatoms. The lowest BCUT2D eigenvalue weighted by molar-refractivity contribution is -0.147. The minimum atomic E-state index is -0.901. The van der Waals surface area contributed by atoms with Crippen molar-refractivity contribution in [2.45, 2.75) is 44.3 Å². The number of hydrogen-bond acceptors (Lipinski definition) is 9. The van der Waals surface area contributed by atoms with Crippen LogP contribution in [0.4, 0.5) is 5.82 Å². The van der Waals surface area contributed by atoms with E-state index in [0.29, 0.717) is 22.9 Å². The number of nitrogens with one attached hydrogen (secondary N) is 3. The van der Waals surface area contributed by atoms with Crippen LogP contribution in [0, 0.1) is 5.92 Å². The highest BCUT2D eigenvalue weighted by Crippen LogP contribution is 2.28. The van der Waals surface area contributed by atoms with Gasteiger partial charge in [-0.05, 0) is 38.4 Å². The Kier molecular flexibility index (Phi) is 8.17. The summed E-state index contributed by atoms with van der Waals surface area (Å²) in [5.41, 5.74) is 0.927. The van der Waals surface area contributed by atoms with Crippen molar-refractivity contribution in [1.29, 1.82) is 0 Å². The summed E-state index contributed by atoms with van der Waals surface area (Å²) in [7, 11) is 3.33. The number of carbonyl (C=O) groups excluding carboxylic acids is 4. The molecule has 0 saturated heterocycles. The lowest BCUT2D eigenvalue weighted by Gasteiger charge is -2.35. The first kappa shape index (κ1) is 26.0. The molecule has 2 aliphatic rings. The summed E-state index contributed by atoms with van der Waals surface area (Å²) >= 11 is 7.14. The second-order valence-corrected chi connectivity index (χ2v) is 10.4. The van der Waals surface area contributed by atoms with Crippen LogP contribution in [-0.4, -0.2) is 71.3 Å².